The van der Waals surface area contributed by atoms with Gasteiger partial charge in [0.05, 0.1) is 19.9 Å². The topological polar surface area (TPSA) is 101 Å². The lowest BCUT2D eigenvalue weighted by molar-refractivity contribution is 0.249. The Bertz CT molecular complexity index is 529. The number of ether oxygens (including phenoxy) is 2. The number of methoxy groups -OCH3 is 2. The van der Waals surface area contributed by atoms with Gasteiger partial charge in [-0.15, -0.1) is 0 Å². The maximum atomic E-state index is 12.2. The number of amides is 2. The second-order valence-corrected chi connectivity index (χ2v) is 4.44. The van der Waals surface area contributed by atoms with Crippen LogP contribution in [0.3, 0.4) is 0 Å². The predicted octanol–water partition coefficient (Wildman–Crippen LogP) is 1.75. The van der Waals surface area contributed by atoms with Gasteiger partial charge in [0.1, 0.15) is 11.5 Å². The van der Waals surface area contributed by atoms with E-state index in [2.05, 4.69) is 5.32 Å². The third-order valence-electron chi connectivity index (χ3n) is 3.15. The van der Waals surface area contributed by atoms with E-state index in [1.165, 1.54) is 14.2 Å². The number of nitrogens with one attached hydrogen (secondary N) is 2. The van der Waals surface area contributed by atoms with Crippen LogP contribution in [0.5, 0.6) is 11.5 Å². The first-order valence-electron chi connectivity index (χ1n) is 6.53. The number of anilines is 1. The average molecular weight is 294 g/mol. The summed E-state index contributed by atoms with van der Waals surface area (Å²) in [6.45, 7) is 5.83. The van der Waals surface area contributed by atoms with Crippen molar-refractivity contribution in [2.24, 2.45) is 5.73 Å². The molecule has 1 rings (SSSR count). The quantitative estimate of drug-likeness (QED) is 0.581. The first-order chi connectivity index (χ1) is 9.88. The van der Waals surface area contributed by atoms with Crippen molar-refractivity contribution < 1.29 is 14.3 Å². The zero-order valence-electron chi connectivity index (χ0n) is 13.0. The van der Waals surface area contributed by atoms with Gasteiger partial charge in [0.2, 0.25) is 5.96 Å². The summed E-state index contributed by atoms with van der Waals surface area (Å²) in [5.41, 5.74) is 7.49. The molecule has 0 unspecified atom stereocenters. The Kier molecular flexibility index (Phi) is 5.40. The smallest absolute Gasteiger partial charge is 0.328 e. The molecule has 0 saturated carbocycles. The summed E-state index contributed by atoms with van der Waals surface area (Å²) >= 11 is 0. The van der Waals surface area contributed by atoms with E-state index in [-0.39, 0.29) is 5.96 Å². The van der Waals surface area contributed by atoms with E-state index in [0.717, 1.165) is 4.90 Å². The molecule has 1 aromatic rings. The molecule has 7 nitrogen and oxygen atoms in total. The lowest BCUT2D eigenvalue weighted by Gasteiger charge is -2.26. The van der Waals surface area contributed by atoms with Crippen LogP contribution in [0.15, 0.2) is 6.07 Å². The summed E-state index contributed by atoms with van der Waals surface area (Å²) in [4.78, 5) is 13.3. The molecule has 0 spiro atoms. The fourth-order valence-electron chi connectivity index (χ4n) is 2.17. The van der Waals surface area contributed by atoms with Crippen molar-refractivity contribution in [2.75, 3.05) is 25.7 Å². The van der Waals surface area contributed by atoms with E-state index in [0.29, 0.717) is 34.9 Å². The molecule has 0 saturated heterocycles. The molecular formula is C14H22N4O3. The number of nitrogens with zero attached hydrogens (tertiary/aromatic N) is 1. The van der Waals surface area contributed by atoms with Crippen LogP contribution >= 0.6 is 0 Å². The third kappa shape index (κ3) is 3.18. The highest BCUT2D eigenvalue weighted by Gasteiger charge is 2.25. The minimum Gasteiger partial charge on any atom is -0.496 e. The number of rotatable bonds is 4. The molecular weight excluding hydrogens is 272 g/mol. The molecule has 0 atom stereocenters. The lowest BCUT2D eigenvalue weighted by atomic mass is 10.1. The molecule has 21 heavy (non-hydrogen) atoms. The van der Waals surface area contributed by atoms with E-state index in [1.807, 2.05) is 0 Å². The normalized spacial score (nSPS) is 9.95. The maximum absolute atomic E-state index is 12.2. The Labute approximate surface area is 124 Å². The van der Waals surface area contributed by atoms with Crippen molar-refractivity contribution in [2.45, 2.75) is 20.8 Å². The minimum atomic E-state index is -0.466. The fraction of sp³-hybridized carbons (Fsp3) is 0.429. The zero-order chi connectivity index (χ0) is 16.2. The molecule has 7 heteroatoms. The summed E-state index contributed by atoms with van der Waals surface area (Å²) in [6.07, 6.45) is 0. The van der Waals surface area contributed by atoms with Crippen molar-refractivity contribution in [3.63, 3.8) is 0 Å². The van der Waals surface area contributed by atoms with Crippen molar-refractivity contribution in [1.29, 1.82) is 5.41 Å². The Morgan fingerprint density at radius 2 is 1.76 bits per heavy atom. The number of carbonyl (C=O) groups is 1. The van der Waals surface area contributed by atoms with Gasteiger partial charge < -0.3 is 20.5 Å². The number of guanidine groups is 1. The van der Waals surface area contributed by atoms with Crippen molar-refractivity contribution >= 4 is 17.7 Å². The lowest BCUT2D eigenvalue weighted by Crippen LogP contribution is -2.47. The Hall–Kier alpha value is -2.44. The number of nitrogens with two attached hydrogens (primary N) is 1. The van der Waals surface area contributed by atoms with E-state index >= 15 is 0 Å². The highest BCUT2D eigenvalue weighted by atomic mass is 16.5. The van der Waals surface area contributed by atoms with Crippen LogP contribution in [-0.4, -0.2) is 32.8 Å². The van der Waals surface area contributed by atoms with Crippen molar-refractivity contribution in [3.8, 4) is 11.5 Å². The summed E-state index contributed by atoms with van der Waals surface area (Å²) in [7, 11) is 3.07. The Balaban J connectivity index is 3.56. The molecule has 0 radical (unpaired) electrons. The number of hydrogen-bond donors (Lipinski definition) is 3. The van der Waals surface area contributed by atoms with Gasteiger partial charge >= 0.3 is 6.03 Å². The standard InChI is InChI=1S/C14H22N4O3/c1-6-17-14(19)18(13(15)16)12-8(2)10(20-4)7-11(21-5)9(12)3/h7H,6H2,1-5H3,(H3,15,16)(H,17,19). The minimum absolute atomic E-state index is 0.373. The van der Waals surface area contributed by atoms with Crippen LogP contribution in [-0.2, 0) is 0 Å². The molecule has 0 heterocycles. The molecule has 116 valence electrons. The molecule has 0 aliphatic heterocycles. The molecule has 1 aromatic carbocycles. The summed E-state index contributed by atoms with van der Waals surface area (Å²) < 4.78 is 10.6. The van der Waals surface area contributed by atoms with E-state index in [9.17, 15) is 4.79 Å². The van der Waals surface area contributed by atoms with E-state index in [1.54, 1.807) is 26.8 Å². The van der Waals surface area contributed by atoms with Gasteiger partial charge in [-0.1, -0.05) is 0 Å². The second kappa shape index (κ2) is 6.83. The first kappa shape index (κ1) is 16.6. The van der Waals surface area contributed by atoms with Gasteiger partial charge in [0.25, 0.3) is 0 Å². The summed E-state index contributed by atoms with van der Waals surface area (Å²) in [5, 5.41) is 10.3. The molecule has 4 N–H and O–H groups in total. The Morgan fingerprint density at radius 1 is 1.29 bits per heavy atom. The van der Waals surface area contributed by atoms with E-state index < -0.39 is 6.03 Å². The van der Waals surface area contributed by atoms with E-state index in [4.69, 9.17) is 20.6 Å². The molecule has 0 aromatic heterocycles. The van der Waals surface area contributed by atoms with Crippen LogP contribution < -0.4 is 25.4 Å². The largest absolute Gasteiger partial charge is 0.496 e. The SMILES string of the molecule is CCNC(=O)N(C(=N)N)c1c(C)c(OC)cc(OC)c1C. The van der Waals surface area contributed by atoms with Gasteiger partial charge in [-0.05, 0) is 20.8 Å². The first-order valence-corrected chi connectivity index (χ1v) is 6.53. The number of hydrogen-bond acceptors (Lipinski definition) is 4. The molecule has 0 aliphatic rings. The van der Waals surface area contributed by atoms with Crippen LogP contribution in [0.2, 0.25) is 0 Å². The van der Waals surface area contributed by atoms with Gasteiger partial charge in [0, 0.05) is 23.7 Å². The Morgan fingerprint density at radius 3 is 2.10 bits per heavy atom. The van der Waals surface area contributed by atoms with Gasteiger partial charge in [-0.25, -0.2) is 9.69 Å². The molecule has 2 amide bonds. The number of benzene rings is 1. The highest BCUT2D eigenvalue weighted by molar-refractivity contribution is 6.15. The average Bonchev–Trinajstić information content (AvgIpc) is 2.43. The highest BCUT2D eigenvalue weighted by Crippen LogP contribution is 2.38. The molecule has 0 fully saturated rings. The summed E-state index contributed by atoms with van der Waals surface area (Å²) in [5.74, 6) is 0.744. The monoisotopic (exact) mass is 294 g/mol. The van der Waals surface area contributed by atoms with Crippen molar-refractivity contribution in [3.05, 3.63) is 17.2 Å². The number of urea groups is 1. The van der Waals surface area contributed by atoms with Gasteiger partial charge in [0.15, 0.2) is 0 Å². The maximum Gasteiger partial charge on any atom is 0.328 e. The molecule has 0 aliphatic carbocycles. The predicted molar refractivity (Wildman–Crippen MR) is 82.5 cm³/mol. The molecule has 0 bridgehead atoms. The second-order valence-electron chi connectivity index (χ2n) is 4.44. The van der Waals surface area contributed by atoms with Gasteiger partial charge in [-0.3, -0.25) is 5.41 Å². The zero-order valence-corrected chi connectivity index (χ0v) is 13.0. The number of carbonyl (C=O) groups excluding carboxylic acids is 1. The van der Waals surface area contributed by atoms with Gasteiger partial charge in [-0.2, -0.15) is 0 Å². The van der Waals surface area contributed by atoms with Crippen LogP contribution in [0.25, 0.3) is 0 Å². The van der Waals surface area contributed by atoms with Crippen LogP contribution in [0.4, 0.5) is 10.5 Å². The van der Waals surface area contributed by atoms with Crippen LogP contribution in [0.1, 0.15) is 18.1 Å². The fourth-order valence-corrected chi connectivity index (χ4v) is 2.17. The van der Waals surface area contributed by atoms with Crippen LogP contribution in [0, 0.1) is 19.3 Å². The summed E-state index contributed by atoms with van der Waals surface area (Å²) in [6, 6.07) is 1.27. The third-order valence-corrected chi connectivity index (χ3v) is 3.15. The van der Waals surface area contributed by atoms with Crippen molar-refractivity contribution in [1.82, 2.24) is 5.32 Å².